The lowest BCUT2D eigenvalue weighted by Crippen LogP contribution is -2.33. The minimum atomic E-state index is 0.763. The molecule has 0 amide bonds. The van der Waals surface area contributed by atoms with Crippen LogP contribution in [-0.4, -0.2) is 37.6 Å². The average molecular weight is 240 g/mol. The number of likely N-dealkylation sites (tertiary alicyclic amines) is 1. The predicted molar refractivity (Wildman–Crippen MR) is 76.3 cm³/mol. The second kappa shape index (κ2) is 7.38. The van der Waals surface area contributed by atoms with Gasteiger partial charge in [0, 0.05) is 13.1 Å². The molecule has 0 bridgehead atoms. The van der Waals surface area contributed by atoms with Crippen LogP contribution in [0.25, 0.3) is 0 Å². The molecular weight excluding hydrogens is 208 g/mol. The van der Waals surface area contributed by atoms with Crippen molar-refractivity contribution < 1.29 is 0 Å². The SMILES string of the molecule is CC(C)CNCC(C)CN1CCC(C(C)C)C1. The zero-order valence-corrected chi connectivity index (χ0v) is 12.5. The average Bonchev–Trinajstić information content (AvgIpc) is 2.65. The molecule has 0 saturated carbocycles. The molecular formula is C15H32N2. The first-order valence-electron chi connectivity index (χ1n) is 7.42. The highest BCUT2D eigenvalue weighted by atomic mass is 15.1. The highest BCUT2D eigenvalue weighted by Gasteiger charge is 2.25. The fraction of sp³-hybridized carbons (Fsp3) is 1.00. The van der Waals surface area contributed by atoms with Gasteiger partial charge in [-0.25, -0.2) is 0 Å². The van der Waals surface area contributed by atoms with Crippen molar-refractivity contribution >= 4 is 0 Å². The molecule has 17 heavy (non-hydrogen) atoms. The van der Waals surface area contributed by atoms with Crippen molar-refractivity contribution in [3.63, 3.8) is 0 Å². The second-order valence-electron chi connectivity index (χ2n) is 6.71. The Kier molecular flexibility index (Phi) is 6.50. The summed E-state index contributed by atoms with van der Waals surface area (Å²) in [6, 6.07) is 0. The van der Waals surface area contributed by atoms with Gasteiger partial charge in [-0.2, -0.15) is 0 Å². The summed E-state index contributed by atoms with van der Waals surface area (Å²) >= 11 is 0. The minimum absolute atomic E-state index is 0.763. The molecule has 0 spiro atoms. The molecule has 1 fully saturated rings. The van der Waals surface area contributed by atoms with Crippen LogP contribution in [0.5, 0.6) is 0 Å². The molecule has 1 rings (SSSR count). The topological polar surface area (TPSA) is 15.3 Å². The van der Waals surface area contributed by atoms with Crippen molar-refractivity contribution in [1.29, 1.82) is 0 Å². The lowest BCUT2D eigenvalue weighted by atomic mass is 9.95. The van der Waals surface area contributed by atoms with Gasteiger partial charge in [-0.05, 0) is 49.7 Å². The predicted octanol–water partition coefficient (Wildman–Crippen LogP) is 2.85. The van der Waals surface area contributed by atoms with E-state index in [1.807, 2.05) is 0 Å². The third-order valence-electron chi connectivity index (χ3n) is 3.87. The van der Waals surface area contributed by atoms with Crippen molar-refractivity contribution in [3.8, 4) is 0 Å². The van der Waals surface area contributed by atoms with Crippen molar-refractivity contribution in [1.82, 2.24) is 10.2 Å². The van der Waals surface area contributed by atoms with Crippen LogP contribution >= 0.6 is 0 Å². The van der Waals surface area contributed by atoms with Crippen LogP contribution in [-0.2, 0) is 0 Å². The highest BCUT2D eigenvalue weighted by molar-refractivity contribution is 4.79. The smallest absolute Gasteiger partial charge is 0.00193 e. The number of rotatable bonds is 7. The van der Waals surface area contributed by atoms with Crippen LogP contribution < -0.4 is 5.32 Å². The summed E-state index contributed by atoms with van der Waals surface area (Å²) in [6.07, 6.45) is 1.41. The molecule has 1 N–H and O–H groups in total. The van der Waals surface area contributed by atoms with E-state index in [0.29, 0.717) is 0 Å². The van der Waals surface area contributed by atoms with Gasteiger partial charge in [0.05, 0.1) is 0 Å². The molecule has 0 aromatic heterocycles. The number of hydrogen-bond acceptors (Lipinski definition) is 2. The summed E-state index contributed by atoms with van der Waals surface area (Å²) < 4.78 is 0. The third kappa shape index (κ3) is 5.87. The van der Waals surface area contributed by atoms with Crippen LogP contribution in [0.3, 0.4) is 0 Å². The van der Waals surface area contributed by atoms with Crippen molar-refractivity contribution in [2.45, 2.75) is 41.0 Å². The molecule has 2 heteroatoms. The van der Waals surface area contributed by atoms with Gasteiger partial charge in [-0.3, -0.25) is 0 Å². The number of nitrogens with zero attached hydrogens (tertiary/aromatic N) is 1. The van der Waals surface area contributed by atoms with E-state index < -0.39 is 0 Å². The summed E-state index contributed by atoms with van der Waals surface area (Å²) in [6.45, 7) is 17.9. The molecule has 1 aliphatic heterocycles. The van der Waals surface area contributed by atoms with Crippen LogP contribution in [0.1, 0.15) is 41.0 Å². The van der Waals surface area contributed by atoms with Gasteiger partial charge in [-0.15, -0.1) is 0 Å². The maximum atomic E-state index is 3.57. The Morgan fingerprint density at radius 2 is 1.82 bits per heavy atom. The molecule has 0 aromatic carbocycles. The van der Waals surface area contributed by atoms with E-state index in [4.69, 9.17) is 0 Å². The summed E-state index contributed by atoms with van der Waals surface area (Å²) in [4.78, 5) is 2.66. The molecule has 2 atom stereocenters. The first-order valence-corrected chi connectivity index (χ1v) is 7.42. The standard InChI is InChI=1S/C15H32N2/c1-12(2)8-16-9-14(5)10-17-7-6-15(11-17)13(3)4/h12-16H,6-11H2,1-5H3. The summed E-state index contributed by atoms with van der Waals surface area (Å²) in [7, 11) is 0. The first-order chi connectivity index (χ1) is 7.99. The summed E-state index contributed by atoms with van der Waals surface area (Å²) in [5.74, 6) is 3.33. The van der Waals surface area contributed by atoms with Crippen molar-refractivity contribution in [2.75, 3.05) is 32.7 Å². The van der Waals surface area contributed by atoms with E-state index in [9.17, 15) is 0 Å². The zero-order chi connectivity index (χ0) is 12.8. The van der Waals surface area contributed by atoms with E-state index in [-0.39, 0.29) is 0 Å². The fourth-order valence-electron chi connectivity index (χ4n) is 2.70. The van der Waals surface area contributed by atoms with Gasteiger partial charge < -0.3 is 10.2 Å². The van der Waals surface area contributed by atoms with Gasteiger partial charge in [0.1, 0.15) is 0 Å². The zero-order valence-electron chi connectivity index (χ0n) is 12.5. The van der Waals surface area contributed by atoms with Crippen LogP contribution in [0.15, 0.2) is 0 Å². The lowest BCUT2D eigenvalue weighted by Gasteiger charge is -2.22. The van der Waals surface area contributed by atoms with E-state index >= 15 is 0 Å². The monoisotopic (exact) mass is 240 g/mol. The molecule has 0 radical (unpaired) electrons. The van der Waals surface area contributed by atoms with E-state index in [2.05, 4.69) is 44.8 Å². The second-order valence-corrected chi connectivity index (χ2v) is 6.71. The first kappa shape index (κ1) is 15.0. The summed E-state index contributed by atoms with van der Waals surface area (Å²) in [5, 5.41) is 3.57. The maximum Gasteiger partial charge on any atom is 0.00193 e. The quantitative estimate of drug-likeness (QED) is 0.736. The Morgan fingerprint density at radius 3 is 2.35 bits per heavy atom. The molecule has 1 aliphatic rings. The Hall–Kier alpha value is -0.0800. The molecule has 2 unspecified atom stereocenters. The Labute approximate surface area is 108 Å². The lowest BCUT2D eigenvalue weighted by molar-refractivity contribution is 0.261. The Balaban J connectivity index is 2.13. The van der Waals surface area contributed by atoms with E-state index in [1.165, 1.54) is 32.6 Å². The molecule has 102 valence electrons. The van der Waals surface area contributed by atoms with Crippen LogP contribution in [0.4, 0.5) is 0 Å². The van der Waals surface area contributed by atoms with Crippen molar-refractivity contribution in [3.05, 3.63) is 0 Å². The number of hydrogen-bond donors (Lipinski definition) is 1. The Bertz CT molecular complexity index is 201. The van der Waals surface area contributed by atoms with Crippen LogP contribution in [0, 0.1) is 23.7 Å². The molecule has 1 saturated heterocycles. The van der Waals surface area contributed by atoms with E-state index in [1.54, 1.807) is 0 Å². The normalized spacial score (nSPS) is 23.8. The Morgan fingerprint density at radius 1 is 1.12 bits per heavy atom. The summed E-state index contributed by atoms with van der Waals surface area (Å²) in [5.41, 5.74) is 0. The van der Waals surface area contributed by atoms with Gasteiger partial charge in [0.2, 0.25) is 0 Å². The van der Waals surface area contributed by atoms with Crippen LogP contribution in [0.2, 0.25) is 0 Å². The molecule has 1 heterocycles. The van der Waals surface area contributed by atoms with Gasteiger partial charge in [-0.1, -0.05) is 34.6 Å². The molecule has 2 nitrogen and oxygen atoms in total. The van der Waals surface area contributed by atoms with Gasteiger partial charge >= 0.3 is 0 Å². The molecule has 0 aliphatic carbocycles. The van der Waals surface area contributed by atoms with Gasteiger partial charge in [0.25, 0.3) is 0 Å². The maximum absolute atomic E-state index is 3.57. The largest absolute Gasteiger partial charge is 0.316 e. The van der Waals surface area contributed by atoms with Crippen molar-refractivity contribution in [2.24, 2.45) is 23.7 Å². The van der Waals surface area contributed by atoms with E-state index in [0.717, 1.165) is 30.2 Å². The highest BCUT2D eigenvalue weighted by Crippen LogP contribution is 2.23. The number of nitrogens with one attached hydrogen (secondary N) is 1. The third-order valence-corrected chi connectivity index (χ3v) is 3.87. The fourth-order valence-corrected chi connectivity index (χ4v) is 2.70. The van der Waals surface area contributed by atoms with Gasteiger partial charge in [0.15, 0.2) is 0 Å². The molecule has 0 aromatic rings. The minimum Gasteiger partial charge on any atom is -0.316 e.